The highest BCUT2D eigenvalue weighted by molar-refractivity contribution is 7.80. The standard InChI is InChI=1S/C40H68O18S/c1-18(2)20(16-54-37-34(31(48)32(56-37)24(44)15-41)57-36-33(53-6)30(47)25(45)17-55-36)8-7-19(3)21-13-23(43)35-38(21,4)12-10-27-39(5)11-9-22(42)29(46)28(39)26(14-40(27,35)49)58-59(50,51)52/h7-8,18-37,41-49H,9-17H2,1-6H3,(H,50,51,52). The third kappa shape index (κ3) is 8.81. The van der Waals surface area contributed by atoms with Crippen molar-refractivity contribution in [1.29, 1.82) is 0 Å². The number of ether oxygens (including phenoxy) is 5. The van der Waals surface area contributed by atoms with Crippen molar-refractivity contribution in [3.63, 3.8) is 0 Å². The average molecular weight is 869 g/mol. The molecule has 22 unspecified atom stereocenters. The topological polar surface area (TPSA) is 292 Å². The smallest absolute Gasteiger partial charge is 0.394 e. The first-order valence-electron chi connectivity index (χ1n) is 21.0. The number of hydrogen-bond donors (Lipinski definition) is 10. The van der Waals surface area contributed by atoms with Crippen molar-refractivity contribution in [1.82, 2.24) is 0 Å². The summed E-state index contributed by atoms with van der Waals surface area (Å²) < 4.78 is 68.2. The number of rotatable bonds is 14. The number of hydrogen-bond acceptors (Lipinski definition) is 17. The molecule has 342 valence electrons. The monoisotopic (exact) mass is 868 g/mol. The van der Waals surface area contributed by atoms with Crippen LogP contribution in [0.15, 0.2) is 12.2 Å². The van der Waals surface area contributed by atoms with Crippen LogP contribution in [0.2, 0.25) is 0 Å². The maximum absolute atomic E-state index is 12.8. The molecule has 4 saturated carbocycles. The lowest BCUT2D eigenvalue weighted by molar-refractivity contribution is -0.308. The SMILES string of the molecule is COC1C(OC2C(OCC(C=CC(C)C3CC(O)C4C3(C)CCC3C5(C)CCC(O)C(O)C5C(OS(=O)(=O)O)CC34O)C(C)C)OC(C(O)CO)C2O)OCC(O)C1O. The molecule has 6 rings (SSSR count). The van der Waals surface area contributed by atoms with E-state index in [0.717, 1.165) is 0 Å². The van der Waals surface area contributed by atoms with E-state index in [1.54, 1.807) is 0 Å². The van der Waals surface area contributed by atoms with E-state index in [2.05, 4.69) is 13.0 Å². The minimum atomic E-state index is -5.00. The Balaban J connectivity index is 1.18. The first kappa shape index (κ1) is 47.5. The number of methoxy groups -OCH3 is 1. The van der Waals surface area contributed by atoms with Crippen LogP contribution in [0.5, 0.6) is 0 Å². The molecule has 4 aliphatic carbocycles. The Morgan fingerprint density at radius 1 is 0.881 bits per heavy atom. The van der Waals surface area contributed by atoms with Crippen molar-refractivity contribution in [3.8, 4) is 0 Å². The van der Waals surface area contributed by atoms with Gasteiger partial charge in [0.1, 0.15) is 42.7 Å². The zero-order chi connectivity index (χ0) is 43.6. The van der Waals surface area contributed by atoms with E-state index in [-0.39, 0.29) is 49.7 Å². The van der Waals surface area contributed by atoms with Crippen molar-refractivity contribution in [2.75, 3.05) is 26.9 Å². The van der Waals surface area contributed by atoms with Gasteiger partial charge in [-0.25, -0.2) is 4.18 Å². The number of allylic oxidation sites excluding steroid dienone is 1. The molecule has 2 aliphatic heterocycles. The van der Waals surface area contributed by atoms with Crippen LogP contribution in [0.1, 0.15) is 73.1 Å². The second-order valence-electron chi connectivity index (χ2n) is 19.1. The van der Waals surface area contributed by atoms with Gasteiger partial charge >= 0.3 is 10.4 Å². The lowest BCUT2D eigenvalue weighted by Gasteiger charge is -2.66. The van der Waals surface area contributed by atoms with E-state index in [1.807, 2.05) is 33.8 Å². The average Bonchev–Trinajstić information content (AvgIpc) is 3.61. The number of aliphatic hydroxyl groups is 9. The predicted octanol–water partition coefficient (Wildman–Crippen LogP) is -0.741. The lowest BCUT2D eigenvalue weighted by Crippen LogP contribution is -2.71. The molecule has 0 aromatic rings. The van der Waals surface area contributed by atoms with Gasteiger partial charge in [-0.1, -0.05) is 46.8 Å². The Kier molecular flexibility index (Phi) is 14.4. The molecule has 19 heteroatoms. The van der Waals surface area contributed by atoms with E-state index < -0.39 is 131 Å². The maximum Gasteiger partial charge on any atom is 0.397 e. The van der Waals surface area contributed by atoms with E-state index in [1.165, 1.54) is 7.11 Å². The van der Waals surface area contributed by atoms with Crippen molar-refractivity contribution < 1.29 is 86.8 Å². The van der Waals surface area contributed by atoms with Crippen LogP contribution in [0.25, 0.3) is 0 Å². The molecule has 6 aliphatic rings. The minimum Gasteiger partial charge on any atom is -0.394 e. The Morgan fingerprint density at radius 3 is 2.19 bits per heavy atom. The van der Waals surface area contributed by atoms with E-state index >= 15 is 0 Å². The molecule has 18 nitrogen and oxygen atoms in total. The molecule has 0 spiro atoms. The van der Waals surface area contributed by atoms with Crippen molar-refractivity contribution in [2.24, 2.45) is 52.3 Å². The molecule has 10 N–H and O–H groups in total. The summed E-state index contributed by atoms with van der Waals surface area (Å²) in [5.41, 5.74) is -3.09. The summed E-state index contributed by atoms with van der Waals surface area (Å²) in [6, 6.07) is 0. The van der Waals surface area contributed by atoms with Gasteiger partial charge in [0.2, 0.25) is 0 Å². The van der Waals surface area contributed by atoms with Crippen LogP contribution in [0.3, 0.4) is 0 Å². The van der Waals surface area contributed by atoms with Crippen LogP contribution in [0.4, 0.5) is 0 Å². The molecule has 0 aromatic heterocycles. The van der Waals surface area contributed by atoms with Crippen molar-refractivity contribution in [2.45, 2.75) is 158 Å². The number of fused-ring (bicyclic) bond motifs is 5. The summed E-state index contributed by atoms with van der Waals surface area (Å²) >= 11 is 0. The third-order valence-corrected chi connectivity index (χ3v) is 15.9. The predicted molar refractivity (Wildman–Crippen MR) is 205 cm³/mol. The maximum atomic E-state index is 12.8. The fourth-order valence-corrected chi connectivity index (χ4v) is 12.9. The summed E-state index contributed by atoms with van der Waals surface area (Å²) in [5.74, 6) is -2.44. The molecule has 2 heterocycles. The highest BCUT2D eigenvalue weighted by atomic mass is 32.3. The van der Waals surface area contributed by atoms with Gasteiger partial charge in [0, 0.05) is 31.3 Å². The van der Waals surface area contributed by atoms with E-state index in [9.17, 15) is 58.9 Å². The van der Waals surface area contributed by atoms with Gasteiger partial charge in [-0.05, 0) is 66.6 Å². The van der Waals surface area contributed by atoms with Crippen LogP contribution in [-0.2, 0) is 38.3 Å². The Bertz CT molecular complexity index is 1570. The third-order valence-electron chi connectivity index (χ3n) is 15.4. The van der Waals surface area contributed by atoms with Gasteiger partial charge in [-0.3, -0.25) is 4.55 Å². The molecule has 0 bridgehead atoms. The summed E-state index contributed by atoms with van der Waals surface area (Å²) in [6.45, 7) is 9.07. The van der Waals surface area contributed by atoms with Gasteiger partial charge in [0.15, 0.2) is 12.6 Å². The molecular weight excluding hydrogens is 800 g/mol. The zero-order valence-electron chi connectivity index (χ0n) is 34.7. The Hall–Kier alpha value is -0.950. The molecule has 59 heavy (non-hydrogen) atoms. The molecular formula is C40H68O18S. The largest absolute Gasteiger partial charge is 0.397 e. The fourth-order valence-electron chi connectivity index (χ4n) is 12.4. The minimum absolute atomic E-state index is 0.0350. The Morgan fingerprint density at radius 2 is 1.56 bits per heavy atom. The van der Waals surface area contributed by atoms with Crippen LogP contribution in [-0.4, -0.2) is 171 Å². The van der Waals surface area contributed by atoms with Crippen molar-refractivity contribution in [3.05, 3.63) is 12.2 Å². The van der Waals surface area contributed by atoms with Crippen molar-refractivity contribution >= 4 is 10.4 Å². The van der Waals surface area contributed by atoms with E-state index in [0.29, 0.717) is 25.7 Å². The molecule has 0 aromatic carbocycles. The van der Waals surface area contributed by atoms with Gasteiger partial charge in [-0.15, -0.1) is 0 Å². The van der Waals surface area contributed by atoms with Crippen LogP contribution < -0.4 is 0 Å². The summed E-state index contributed by atoms with van der Waals surface area (Å²) in [5, 5.41) is 98.2. The fraction of sp³-hybridized carbons (Fsp3) is 0.950. The zero-order valence-corrected chi connectivity index (χ0v) is 35.5. The first-order valence-corrected chi connectivity index (χ1v) is 22.4. The van der Waals surface area contributed by atoms with Gasteiger partial charge in [0.05, 0.1) is 49.8 Å². The highest BCUT2D eigenvalue weighted by Crippen LogP contribution is 2.70. The quantitative estimate of drug-likeness (QED) is 0.0760. The second-order valence-corrected chi connectivity index (χ2v) is 20.2. The summed E-state index contributed by atoms with van der Waals surface area (Å²) in [7, 11) is -3.70. The molecule has 2 saturated heterocycles. The number of aliphatic hydroxyl groups excluding tert-OH is 8. The van der Waals surface area contributed by atoms with Gasteiger partial charge in [-0.2, -0.15) is 8.42 Å². The molecule has 6 fully saturated rings. The second kappa shape index (κ2) is 17.9. The highest BCUT2D eigenvalue weighted by Gasteiger charge is 2.72. The van der Waals surface area contributed by atoms with E-state index in [4.69, 9.17) is 27.9 Å². The lowest BCUT2D eigenvalue weighted by atomic mass is 9.41. The van der Waals surface area contributed by atoms with Crippen LogP contribution in [0, 0.1) is 52.3 Å². The summed E-state index contributed by atoms with van der Waals surface area (Å²) in [4.78, 5) is 0. The van der Waals surface area contributed by atoms with Gasteiger partial charge < -0.3 is 69.6 Å². The van der Waals surface area contributed by atoms with Gasteiger partial charge in [0.25, 0.3) is 0 Å². The molecule has 0 amide bonds. The Labute approximate surface area is 346 Å². The first-order chi connectivity index (χ1) is 27.5. The van der Waals surface area contributed by atoms with Crippen LogP contribution >= 0.6 is 0 Å². The molecule has 22 atom stereocenters. The summed E-state index contributed by atoms with van der Waals surface area (Å²) in [6.07, 6.45) is -10.5. The normalized spacial score (nSPS) is 49.4. The molecule has 0 radical (unpaired) electrons.